The first-order valence-corrected chi connectivity index (χ1v) is 9.01. The molecule has 2 fully saturated rings. The summed E-state index contributed by atoms with van der Waals surface area (Å²) in [6.45, 7) is 1.72. The van der Waals surface area contributed by atoms with E-state index in [-0.39, 0.29) is 18.0 Å². The molecule has 2 aliphatic carbocycles. The van der Waals surface area contributed by atoms with E-state index >= 15 is 0 Å². The van der Waals surface area contributed by atoms with Crippen molar-refractivity contribution in [2.24, 2.45) is 11.3 Å². The van der Waals surface area contributed by atoms with Gasteiger partial charge >= 0.3 is 12.0 Å². The van der Waals surface area contributed by atoms with Crippen LogP contribution < -0.4 is 5.32 Å². The molecule has 1 unspecified atom stereocenters. The van der Waals surface area contributed by atoms with Gasteiger partial charge in [-0.2, -0.15) is 0 Å². The molecule has 128 valence electrons. The van der Waals surface area contributed by atoms with Crippen molar-refractivity contribution in [3.63, 3.8) is 0 Å². The van der Waals surface area contributed by atoms with Gasteiger partial charge in [-0.15, -0.1) is 0 Å². The molecule has 2 amide bonds. The van der Waals surface area contributed by atoms with E-state index in [1.165, 1.54) is 12.8 Å². The van der Waals surface area contributed by atoms with Gasteiger partial charge in [0.25, 0.3) is 0 Å². The van der Waals surface area contributed by atoms with Crippen LogP contribution in [0.5, 0.6) is 0 Å². The molecule has 1 saturated carbocycles. The molecule has 3 rings (SSSR count). The Morgan fingerprint density at radius 1 is 1.13 bits per heavy atom. The number of carboxylic acid groups (broad SMARTS) is 1. The number of hydrogen-bond donors (Lipinski definition) is 2. The Bertz CT molecular complexity index is 483. The van der Waals surface area contributed by atoms with Crippen LogP contribution in [0, 0.1) is 11.3 Å². The third-order valence-electron chi connectivity index (χ3n) is 5.91. The first-order valence-electron chi connectivity index (χ1n) is 9.01. The average Bonchev–Trinajstić information content (AvgIpc) is 2.56. The van der Waals surface area contributed by atoms with Crippen LogP contribution >= 0.6 is 0 Å². The van der Waals surface area contributed by atoms with Crippen molar-refractivity contribution in [1.82, 2.24) is 10.2 Å². The standard InChI is InChI=1S/C18H28N2O3/c21-16(22)14-5-7-15(8-6-14)19-17(23)20-12-4-11-18(13-20)9-2-1-3-10-18/h1-2,14-15H,3-13H2,(H,19,23)(H,21,22). The van der Waals surface area contributed by atoms with Gasteiger partial charge in [0.2, 0.25) is 0 Å². The third kappa shape index (κ3) is 3.88. The summed E-state index contributed by atoms with van der Waals surface area (Å²) in [4.78, 5) is 25.6. The second-order valence-corrected chi connectivity index (χ2v) is 7.58. The van der Waals surface area contributed by atoms with Gasteiger partial charge in [-0.05, 0) is 63.2 Å². The van der Waals surface area contributed by atoms with E-state index in [4.69, 9.17) is 5.11 Å². The fourth-order valence-corrected chi connectivity index (χ4v) is 4.45. The largest absolute Gasteiger partial charge is 0.481 e. The zero-order valence-electron chi connectivity index (χ0n) is 13.8. The van der Waals surface area contributed by atoms with Crippen LogP contribution in [-0.2, 0) is 4.79 Å². The Morgan fingerprint density at radius 2 is 1.91 bits per heavy atom. The van der Waals surface area contributed by atoms with E-state index in [9.17, 15) is 9.59 Å². The highest BCUT2D eigenvalue weighted by atomic mass is 16.4. The number of rotatable bonds is 2. The van der Waals surface area contributed by atoms with Gasteiger partial charge in [-0.25, -0.2) is 4.79 Å². The molecule has 1 atom stereocenters. The molecule has 1 heterocycles. The predicted molar refractivity (Wildman–Crippen MR) is 88.1 cm³/mol. The highest BCUT2D eigenvalue weighted by molar-refractivity contribution is 5.75. The zero-order chi connectivity index (χ0) is 16.3. The number of urea groups is 1. The van der Waals surface area contributed by atoms with Crippen molar-refractivity contribution < 1.29 is 14.7 Å². The van der Waals surface area contributed by atoms with Crippen LogP contribution in [0.15, 0.2) is 12.2 Å². The van der Waals surface area contributed by atoms with Crippen molar-refractivity contribution in [1.29, 1.82) is 0 Å². The number of likely N-dealkylation sites (tertiary alicyclic amines) is 1. The minimum absolute atomic E-state index is 0.0532. The highest BCUT2D eigenvalue weighted by Crippen LogP contribution is 2.40. The molecule has 2 N–H and O–H groups in total. The number of aliphatic carboxylic acids is 1. The van der Waals surface area contributed by atoms with Gasteiger partial charge in [-0.3, -0.25) is 4.79 Å². The third-order valence-corrected chi connectivity index (χ3v) is 5.91. The lowest BCUT2D eigenvalue weighted by Crippen LogP contribution is -2.52. The van der Waals surface area contributed by atoms with E-state index in [1.54, 1.807) is 0 Å². The van der Waals surface area contributed by atoms with E-state index in [0.717, 1.165) is 45.2 Å². The minimum atomic E-state index is -0.696. The SMILES string of the molecule is O=C(O)C1CCC(NC(=O)N2CCCC3(CC=CCC3)C2)CC1. The topological polar surface area (TPSA) is 69.6 Å². The summed E-state index contributed by atoms with van der Waals surface area (Å²) in [7, 11) is 0. The number of carboxylic acids is 1. The van der Waals surface area contributed by atoms with Gasteiger partial charge in [0.15, 0.2) is 0 Å². The molecule has 5 nitrogen and oxygen atoms in total. The van der Waals surface area contributed by atoms with Crippen LogP contribution in [0.2, 0.25) is 0 Å². The van der Waals surface area contributed by atoms with Gasteiger partial charge in [-0.1, -0.05) is 12.2 Å². The minimum Gasteiger partial charge on any atom is -0.481 e. The van der Waals surface area contributed by atoms with Crippen LogP contribution in [0.4, 0.5) is 4.79 Å². The number of amides is 2. The van der Waals surface area contributed by atoms with Gasteiger partial charge in [0.1, 0.15) is 0 Å². The Morgan fingerprint density at radius 3 is 2.57 bits per heavy atom. The Balaban J connectivity index is 1.50. The number of nitrogens with zero attached hydrogens (tertiary/aromatic N) is 1. The monoisotopic (exact) mass is 320 g/mol. The lowest BCUT2D eigenvalue weighted by molar-refractivity contribution is -0.142. The van der Waals surface area contributed by atoms with E-state index < -0.39 is 5.97 Å². The van der Waals surface area contributed by atoms with Crippen molar-refractivity contribution in [3.8, 4) is 0 Å². The molecule has 0 aromatic rings. The zero-order valence-corrected chi connectivity index (χ0v) is 13.8. The molecular formula is C18H28N2O3. The number of allylic oxidation sites excluding steroid dienone is 2. The normalized spacial score (nSPS) is 34.3. The number of carbonyl (C=O) groups is 2. The maximum absolute atomic E-state index is 12.6. The van der Waals surface area contributed by atoms with Crippen molar-refractivity contribution in [3.05, 3.63) is 12.2 Å². The second-order valence-electron chi connectivity index (χ2n) is 7.58. The summed E-state index contributed by atoms with van der Waals surface area (Å²) in [6, 6.07) is 0.194. The van der Waals surface area contributed by atoms with Gasteiger partial charge < -0.3 is 15.3 Å². The molecule has 23 heavy (non-hydrogen) atoms. The summed E-state index contributed by atoms with van der Waals surface area (Å²) < 4.78 is 0. The molecule has 0 radical (unpaired) electrons. The molecule has 0 bridgehead atoms. The van der Waals surface area contributed by atoms with E-state index in [0.29, 0.717) is 18.3 Å². The first-order chi connectivity index (χ1) is 11.1. The van der Waals surface area contributed by atoms with Crippen LogP contribution in [0.1, 0.15) is 57.8 Å². The quantitative estimate of drug-likeness (QED) is 0.768. The molecule has 0 aromatic heterocycles. The lowest BCUT2D eigenvalue weighted by Gasteiger charge is -2.44. The van der Waals surface area contributed by atoms with Crippen LogP contribution in [-0.4, -0.2) is 41.1 Å². The Labute approximate surface area is 138 Å². The van der Waals surface area contributed by atoms with Gasteiger partial charge in [0.05, 0.1) is 5.92 Å². The van der Waals surface area contributed by atoms with E-state index in [1.807, 2.05) is 4.90 Å². The summed E-state index contributed by atoms with van der Waals surface area (Å²) in [5, 5.41) is 12.2. The van der Waals surface area contributed by atoms with Crippen molar-refractivity contribution >= 4 is 12.0 Å². The molecule has 3 aliphatic rings. The summed E-state index contributed by atoms with van der Waals surface area (Å²) in [5.74, 6) is -0.923. The fraction of sp³-hybridized carbons (Fsp3) is 0.778. The summed E-state index contributed by atoms with van der Waals surface area (Å²) in [6.07, 6.45) is 13.2. The average molecular weight is 320 g/mol. The van der Waals surface area contributed by atoms with Crippen LogP contribution in [0.25, 0.3) is 0 Å². The smallest absolute Gasteiger partial charge is 0.317 e. The lowest BCUT2D eigenvalue weighted by atomic mass is 9.71. The Kier molecular flexibility index (Phi) is 4.93. The molecule has 0 aromatic carbocycles. The summed E-state index contributed by atoms with van der Waals surface area (Å²) in [5.41, 5.74) is 0.297. The molecule has 1 aliphatic heterocycles. The van der Waals surface area contributed by atoms with Crippen molar-refractivity contribution in [2.45, 2.75) is 63.8 Å². The maximum atomic E-state index is 12.6. The second kappa shape index (κ2) is 6.93. The molecule has 1 spiro atoms. The predicted octanol–water partition coefficient (Wildman–Crippen LogP) is 3.16. The van der Waals surface area contributed by atoms with Crippen LogP contribution in [0.3, 0.4) is 0 Å². The number of piperidine rings is 1. The molecular weight excluding hydrogens is 292 g/mol. The maximum Gasteiger partial charge on any atom is 0.317 e. The Hall–Kier alpha value is -1.52. The van der Waals surface area contributed by atoms with E-state index in [2.05, 4.69) is 17.5 Å². The number of hydrogen-bond acceptors (Lipinski definition) is 2. The molecule has 5 heteroatoms. The first kappa shape index (κ1) is 16.3. The number of carbonyl (C=O) groups excluding carboxylic acids is 1. The van der Waals surface area contributed by atoms with Gasteiger partial charge in [0, 0.05) is 19.1 Å². The number of nitrogens with one attached hydrogen (secondary N) is 1. The molecule has 1 saturated heterocycles. The summed E-state index contributed by atoms with van der Waals surface area (Å²) >= 11 is 0. The van der Waals surface area contributed by atoms with Crippen molar-refractivity contribution in [2.75, 3.05) is 13.1 Å². The highest BCUT2D eigenvalue weighted by Gasteiger charge is 2.37. The fourth-order valence-electron chi connectivity index (χ4n) is 4.45.